The summed E-state index contributed by atoms with van der Waals surface area (Å²) in [4.78, 5) is 0. The van der Waals surface area contributed by atoms with E-state index in [1.54, 1.807) is 0 Å². The number of benzene rings is 2. The van der Waals surface area contributed by atoms with Crippen LogP contribution < -0.4 is 5.32 Å². The fourth-order valence-corrected chi connectivity index (χ4v) is 6.66. The molecule has 0 saturated heterocycles. The van der Waals surface area contributed by atoms with E-state index in [4.69, 9.17) is 16.0 Å². The van der Waals surface area contributed by atoms with Crippen LogP contribution in [0.5, 0.6) is 0 Å². The van der Waals surface area contributed by atoms with Crippen molar-refractivity contribution in [2.45, 2.75) is 57.7 Å². The summed E-state index contributed by atoms with van der Waals surface area (Å²) in [6.07, 6.45) is -5.08. The number of hydrogen-bond acceptors (Lipinski definition) is 2. The third kappa shape index (κ3) is 7.00. The predicted octanol–water partition coefficient (Wildman–Crippen LogP) is 7.49. The molecule has 0 amide bonds. The van der Waals surface area contributed by atoms with E-state index in [1.165, 1.54) is 18.2 Å². The Morgan fingerprint density at radius 2 is 1.55 bits per heavy atom. The molecular weight excluding hydrogens is 453 g/mol. The SMILES string of the molecule is CC[Si](CC)(CC)OC(CNCc1cc(F)cc(F)c1)c1ccc(C(F)(F)F)cc1Cl. The Bertz CT molecular complexity index is 845. The normalized spacial score (nSPS) is 13.5. The number of alkyl halides is 3. The standard InChI is InChI=1S/C22H27ClF5NOSi/c1-4-31(5-2,6-3)30-21(14-29-13-15-9-17(24)12-18(25)10-15)19-8-7-16(11-20(19)23)22(26,27)28/h7-12,21,29H,4-6,13-14H2,1-3H3. The first-order chi connectivity index (χ1) is 14.5. The summed E-state index contributed by atoms with van der Waals surface area (Å²) >= 11 is 6.23. The minimum atomic E-state index is -4.49. The maximum atomic E-state index is 13.4. The molecular formula is C22H27ClF5NOSi. The molecule has 2 rings (SSSR count). The largest absolute Gasteiger partial charge is 0.416 e. The van der Waals surface area contributed by atoms with E-state index < -0.39 is 37.8 Å². The van der Waals surface area contributed by atoms with Gasteiger partial charge in [0.1, 0.15) is 11.6 Å². The van der Waals surface area contributed by atoms with Crippen LogP contribution in [0.3, 0.4) is 0 Å². The van der Waals surface area contributed by atoms with Crippen LogP contribution in [0.15, 0.2) is 36.4 Å². The Balaban J connectivity index is 2.28. The van der Waals surface area contributed by atoms with E-state index >= 15 is 0 Å². The predicted molar refractivity (Wildman–Crippen MR) is 116 cm³/mol. The van der Waals surface area contributed by atoms with Crippen molar-refractivity contribution in [1.82, 2.24) is 5.32 Å². The molecule has 2 aromatic rings. The third-order valence-electron chi connectivity index (χ3n) is 5.58. The average Bonchev–Trinajstić information content (AvgIpc) is 2.70. The van der Waals surface area contributed by atoms with Gasteiger partial charge in [-0.3, -0.25) is 0 Å². The number of hydrogen-bond donors (Lipinski definition) is 1. The van der Waals surface area contributed by atoms with Gasteiger partial charge in [0.15, 0.2) is 8.32 Å². The summed E-state index contributed by atoms with van der Waals surface area (Å²) in [5.41, 5.74) is 0.0488. The topological polar surface area (TPSA) is 21.3 Å². The average molecular weight is 480 g/mol. The van der Waals surface area contributed by atoms with Crippen LogP contribution in [0.4, 0.5) is 22.0 Å². The van der Waals surface area contributed by atoms with Crippen LogP contribution in [-0.4, -0.2) is 14.9 Å². The van der Waals surface area contributed by atoms with Gasteiger partial charge in [-0.1, -0.05) is 38.4 Å². The highest BCUT2D eigenvalue weighted by atomic mass is 35.5. The molecule has 0 aliphatic carbocycles. The van der Waals surface area contributed by atoms with E-state index in [1.807, 2.05) is 20.8 Å². The molecule has 0 bridgehead atoms. The summed E-state index contributed by atoms with van der Waals surface area (Å²) in [5, 5.41) is 3.08. The Kier molecular flexibility index (Phi) is 9.06. The van der Waals surface area contributed by atoms with Crippen molar-refractivity contribution in [3.8, 4) is 0 Å². The molecule has 0 aliphatic rings. The second-order valence-corrected chi connectivity index (χ2v) is 12.6. The Hall–Kier alpha value is -1.48. The van der Waals surface area contributed by atoms with Gasteiger partial charge in [-0.2, -0.15) is 13.2 Å². The highest BCUT2D eigenvalue weighted by molar-refractivity contribution is 6.73. The smallest absolute Gasteiger partial charge is 0.409 e. The van der Waals surface area contributed by atoms with Gasteiger partial charge in [0.05, 0.1) is 11.7 Å². The molecule has 0 heterocycles. The van der Waals surface area contributed by atoms with Crippen molar-refractivity contribution in [2.75, 3.05) is 6.54 Å². The van der Waals surface area contributed by atoms with Crippen molar-refractivity contribution in [2.24, 2.45) is 0 Å². The first kappa shape index (κ1) is 25.8. The van der Waals surface area contributed by atoms with Crippen LogP contribution in [0.1, 0.15) is 43.6 Å². The lowest BCUT2D eigenvalue weighted by Gasteiger charge is -2.34. The van der Waals surface area contributed by atoms with Crippen LogP contribution in [0.25, 0.3) is 0 Å². The lowest BCUT2D eigenvalue weighted by atomic mass is 10.1. The van der Waals surface area contributed by atoms with Crippen molar-refractivity contribution >= 4 is 19.9 Å². The summed E-state index contributed by atoms with van der Waals surface area (Å²) in [5.74, 6) is -1.35. The van der Waals surface area contributed by atoms with Gasteiger partial charge < -0.3 is 9.74 Å². The zero-order valence-electron chi connectivity index (χ0n) is 17.8. The Labute approximate surface area is 185 Å². The first-order valence-electron chi connectivity index (χ1n) is 10.2. The van der Waals surface area contributed by atoms with Crippen LogP contribution >= 0.6 is 11.6 Å². The monoisotopic (exact) mass is 479 g/mol. The highest BCUT2D eigenvalue weighted by Gasteiger charge is 2.35. The molecule has 2 nitrogen and oxygen atoms in total. The van der Waals surface area contributed by atoms with Gasteiger partial charge in [0.25, 0.3) is 0 Å². The lowest BCUT2D eigenvalue weighted by molar-refractivity contribution is -0.137. The first-order valence-corrected chi connectivity index (χ1v) is 13.1. The quantitative estimate of drug-likeness (QED) is 0.281. The lowest BCUT2D eigenvalue weighted by Crippen LogP contribution is -2.39. The zero-order valence-corrected chi connectivity index (χ0v) is 19.5. The second kappa shape index (κ2) is 10.9. The fraction of sp³-hybridized carbons (Fsp3) is 0.455. The Morgan fingerprint density at radius 1 is 0.968 bits per heavy atom. The van der Waals surface area contributed by atoms with Crippen LogP contribution in [0.2, 0.25) is 23.2 Å². The zero-order chi connectivity index (χ0) is 23.2. The van der Waals surface area contributed by atoms with E-state index in [0.29, 0.717) is 11.1 Å². The maximum absolute atomic E-state index is 13.4. The van der Waals surface area contributed by atoms with Crippen molar-refractivity contribution in [3.05, 3.63) is 69.7 Å². The van der Waals surface area contributed by atoms with E-state index in [-0.39, 0.29) is 18.1 Å². The summed E-state index contributed by atoms with van der Waals surface area (Å²) in [6, 6.07) is 9.04. The summed E-state index contributed by atoms with van der Waals surface area (Å²) < 4.78 is 72.5. The molecule has 0 aliphatic heterocycles. The molecule has 0 saturated carbocycles. The molecule has 31 heavy (non-hydrogen) atoms. The fourth-order valence-electron chi connectivity index (χ4n) is 3.54. The number of nitrogens with one attached hydrogen (secondary N) is 1. The third-order valence-corrected chi connectivity index (χ3v) is 10.6. The molecule has 9 heteroatoms. The molecule has 0 radical (unpaired) electrons. The minimum absolute atomic E-state index is 0.0235. The van der Waals surface area contributed by atoms with Gasteiger partial charge >= 0.3 is 6.18 Å². The molecule has 0 fully saturated rings. The van der Waals surface area contributed by atoms with Gasteiger partial charge in [-0.25, -0.2) is 8.78 Å². The van der Waals surface area contributed by atoms with Crippen molar-refractivity contribution in [1.29, 1.82) is 0 Å². The molecule has 172 valence electrons. The molecule has 0 aromatic heterocycles. The summed E-state index contributed by atoms with van der Waals surface area (Å²) in [6.45, 7) is 6.55. The summed E-state index contributed by atoms with van der Waals surface area (Å²) in [7, 11) is -2.12. The number of halogens is 6. The molecule has 0 spiro atoms. The van der Waals surface area contributed by atoms with Gasteiger partial charge in [-0.15, -0.1) is 0 Å². The molecule has 1 atom stereocenters. The van der Waals surface area contributed by atoms with Crippen molar-refractivity contribution < 1.29 is 26.4 Å². The van der Waals surface area contributed by atoms with E-state index in [0.717, 1.165) is 36.3 Å². The minimum Gasteiger partial charge on any atom is -0.409 e. The van der Waals surface area contributed by atoms with Crippen molar-refractivity contribution in [3.63, 3.8) is 0 Å². The van der Waals surface area contributed by atoms with E-state index in [9.17, 15) is 22.0 Å². The highest BCUT2D eigenvalue weighted by Crippen LogP contribution is 2.36. The van der Waals surface area contributed by atoms with Gasteiger partial charge in [-0.05, 0) is 53.5 Å². The van der Waals surface area contributed by atoms with Crippen LogP contribution in [-0.2, 0) is 17.1 Å². The second-order valence-electron chi connectivity index (χ2n) is 7.49. The maximum Gasteiger partial charge on any atom is 0.416 e. The molecule has 1 N–H and O–H groups in total. The molecule has 1 unspecified atom stereocenters. The number of rotatable bonds is 10. The van der Waals surface area contributed by atoms with Crippen LogP contribution in [0, 0.1) is 11.6 Å². The molecule has 2 aromatic carbocycles. The van der Waals surface area contributed by atoms with Gasteiger partial charge in [0, 0.05) is 24.2 Å². The van der Waals surface area contributed by atoms with E-state index in [2.05, 4.69) is 5.32 Å². The van der Waals surface area contributed by atoms with Gasteiger partial charge in [0.2, 0.25) is 0 Å². The Morgan fingerprint density at radius 3 is 2.03 bits per heavy atom.